The van der Waals surface area contributed by atoms with Gasteiger partial charge < -0.3 is 10.4 Å². The molecule has 0 radical (unpaired) electrons. The maximum atomic E-state index is 12.9. The zero-order chi connectivity index (χ0) is 13.8. The van der Waals surface area contributed by atoms with E-state index in [1.54, 1.807) is 18.2 Å². The van der Waals surface area contributed by atoms with E-state index in [1.165, 1.54) is 24.3 Å². The highest BCUT2D eigenvalue weighted by molar-refractivity contribution is 6.31. The smallest absolute Gasteiger partial charge is 0.335 e. The molecule has 3 nitrogen and oxygen atoms in total. The lowest BCUT2D eigenvalue weighted by Gasteiger charge is -2.08. The molecule has 0 amide bonds. The van der Waals surface area contributed by atoms with Crippen LogP contribution >= 0.6 is 11.6 Å². The SMILES string of the molecule is O=C(O)c1cccc(NCc2ccc(F)cc2Cl)c1. The average molecular weight is 280 g/mol. The highest BCUT2D eigenvalue weighted by Crippen LogP contribution is 2.19. The predicted molar refractivity (Wildman–Crippen MR) is 72.1 cm³/mol. The Hall–Kier alpha value is -2.07. The summed E-state index contributed by atoms with van der Waals surface area (Å²) in [6.07, 6.45) is 0. The summed E-state index contributed by atoms with van der Waals surface area (Å²) in [6, 6.07) is 10.6. The summed E-state index contributed by atoms with van der Waals surface area (Å²) in [6.45, 7) is 0.391. The van der Waals surface area contributed by atoms with Gasteiger partial charge in [0.05, 0.1) is 5.56 Å². The van der Waals surface area contributed by atoms with Gasteiger partial charge in [-0.3, -0.25) is 0 Å². The first-order chi connectivity index (χ1) is 9.06. The number of anilines is 1. The van der Waals surface area contributed by atoms with Crippen molar-refractivity contribution in [3.63, 3.8) is 0 Å². The number of carboxylic acids is 1. The van der Waals surface area contributed by atoms with Crippen LogP contribution in [0.25, 0.3) is 0 Å². The highest BCUT2D eigenvalue weighted by Gasteiger charge is 2.04. The van der Waals surface area contributed by atoms with Gasteiger partial charge in [-0.2, -0.15) is 0 Å². The second kappa shape index (κ2) is 5.71. The van der Waals surface area contributed by atoms with Crippen LogP contribution < -0.4 is 5.32 Å². The fraction of sp³-hybridized carbons (Fsp3) is 0.0714. The minimum Gasteiger partial charge on any atom is -0.478 e. The Bertz CT molecular complexity index is 616. The quantitative estimate of drug-likeness (QED) is 0.895. The Morgan fingerprint density at radius 1 is 1.26 bits per heavy atom. The van der Waals surface area contributed by atoms with Crippen LogP contribution in [0.2, 0.25) is 5.02 Å². The molecule has 0 bridgehead atoms. The lowest BCUT2D eigenvalue weighted by atomic mass is 10.2. The molecule has 0 saturated carbocycles. The molecule has 0 atom stereocenters. The maximum Gasteiger partial charge on any atom is 0.335 e. The topological polar surface area (TPSA) is 49.3 Å². The van der Waals surface area contributed by atoms with Gasteiger partial charge in [0.2, 0.25) is 0 Å². The Labute approximate surface area is 114 Å². The molecule has 0 aromatic heterocycles. The molecule has 2 aromatic carbocycles. The van der Waals surface area contributed by atoms with Gasteiger partial charge in [-0.1, -0.05) is 23.7 Å². The summed E-state index contributed by atoms with van der Waals surface area (Å²) in [7, 11) is 0. The summed E-state index contributed by atoms with van der Waals surface area (Å²) >= 11 is 5.90. The predicted octanol–water partition coefficient (Wildman–Crippen LogP) is 3.79. The molecular formula is C14H11ClFNO2. The van der Waals surface area contributed by atoms with Crippen LogP contribution in [0.5, 0.6) is 0 Å². The van der Waals surface area contributed by atoms with E-state index < -0.39 is 5.97 Å². The molecule has 2 rings (SSSR count). The first kappa shape index (κ1) is 13.4. The molecule has 0 unspecified atom stereocenters. The Balaban J connectivity index is 2.10. The Morgan fingerprint density at radius 3 is 2.74 bits per heavy atom. The van der Waals surface area contributed by atoms with Gasteiger partial charge in [0, 0.05) is 17.3 Å². The molecule has 19 heavy (non-hydrogen) atoms. The second-order valence-corrected chi connectivity index (χ2v) is 4.38. The maximum absolute atomic E-state index is 12.9. The Kier molecular flexibility index (Phi) is 4.02. The van der Waals surface area contributed by atoms with Crippen molar-refractivity contribution in [1.82, 2.24) is 0 Å². The number of nitrogens with one attached hydrogen (secondary N) is 1. The van der Waals surface area contributed by atoms with Crippen LogP contribution in [0.1, 0.15) is 15.9 Å². The van der Waals surface area contributed by atoms with Gasteiger partial charge in [0.25, 0.3) is 0 Å². The van der Waals surface area contributed by atoms with E-state index in [-0.39, 0.29) is 11.4 Å². The number of hydrogen-bond acceptors (Lipinski definition) is 2. The van der Waals surface area contributed by atoms with Crippen molar-refractivity contribution in [1.29, 1.82) is 0 Å². The van der Waals surface area contributed by atoms with E-state index in [9.17, 15) is 9.18 Å². The third-order valence-electron chi connectivity index (χ3n) is 2.61. The molecule has 0 aliphatic carbocycles. The van der Waals surface area contributed by atoms with Crippen LogP contribution in [0.4, 0.5) is 10.1 Å². The standard InChI is InChI=1S/C14H11ClFNO2/c15-13-7-11(16)5-4-10(13)8-17-12-3-1-2-9(6-12)14(18)19/h1-7,17H,8H2,(H,18,19). The third-order valence-corrected chi connectivity index (χ3v) is 2.96. The van der Waals surface area contributed by atoms with E-state index in [4.69, 9.17) is 16.7 Å². The molecule has 0 aliphatic rings. The van der Waals surface area contributed by atoms with Crippen LogP contribution in [-0.2, 0) is 6.54 Å². The number of aromatic carboxylic acids is 1. The Morgan fingerprint density at radius 2 is 2.05 bits per heavy atom. The lowest BCUT2D eigenvalue weighted by Crippen LogP contribution is -2.02. The summed E-state index contributed by atoms with van der Waals surface area (Å²) in [4.78, 5) is 10.8. The van der Waals surface area contributed by atoms with Crippen LogP contribution in [-0.4, -0.2) is 11.1 Å². The van der Waals surface area contributed by atoms with E-state index in [0.29, 0.717) is 17.3 Å². The van der Waals surface area contributed by atoms with E-state index in [1.807, 2.05) is 0 Å². The number of carboxylic acid groups (broad SMARTS) is 1. The summed E-state index contributed by atoms with van der Waals surface area (Å²) < 4.78 is 12.9. The van der Waals surface area contributed by atoms with Gasteiger partial charge >= 0.3 is 5.97 Å². The van der Waals surface area contributed by atoms with E-state index in [0.717, 1.165) is 5.56 Å². The summed E-state index contributed by atoms with van der Waals surface area (Å²) in [5, 5.41) is 12.3. The van der Waals surface area contributed by atoms with Crippen LogP contribution in [0.15, 0.2) is 42.5 Å². The van der Waals surface area contributed by atoms with Crippen molar-refractivity contribution in [3.8, 4) is 0 Å². The van der Waals surface area contributed by atoms with Gasteiger partial charge in [-0.05, 0) is 35.9 Å². The van der Waals surface area contributed by atoms with Crippen molar-refractivity contribution < 1.29 is 14.3 Å². The van der Waals surface area contributed by atoms with E-state index in [2.05, 4.69) is 5.32 Å². The molecular weight excluding hydrogens is 269 g/mol. The fourth-order valence-electron chi connectivity index (χ4n) is 1.62. The lowest BCUT2D eigenvalue weighted by molar-refractivity contribution is 0.0697. The number of halogens is 2. The molecule has 2 aromatic rings. The molecule has 0 spiro atoms. The number of rotatable bonds is 4. The first-order valence-corrected chi connectivity index (χ1v) is 5.95. The fourth-order valence-corrected chi connectivity index (χ4v) is 1.86. The zero-order valence-electron chi connectivity index (χ0n) is 9.86. The molecule has 0 aliphatic heterocycles. The molecule has 5 heteroatoms. The van der Waals surface area contributed by atoms with Crippen molar-refractivity contribution >= 4 is 23.3 Å². The highest BCUT2D eigenvalue weighted by atomic mass is 35.5. The first-order valence-electron chi connectivity index (χ1n) is 5.57. The number of hydrogen-bond donors (Lipinski definition) is 2. The van der Waals surface area contributed by atoms with Gasteiger partial charge in [-0.15, -0.1) is 0 Å². The van der Waals surface area contributed by atoms with Crippen molar-refractivity contribution in [2.75, 3.05) is 5.32 Å². The van der Waals surface area contributed by atoms with Crippen molar-refractivity contribution in [2.24, 2.45) is 0 Å². The summed E-state index contributed by atoms with van der Waals surface area (Å²) in [5.74, 6) is -1.37. The van der Waals surface area contributed by atoms with Crippen molar-refractivity contribution in [2.45, 2.75) is 6.54 Å². The second-order valence-electron chi connectivity index (χ2n) is 3.98. The van der Waals surface area contributed by atoms with E-state index >= 15 is 0 Å². The van der Waals surface area contributed by atoms with Crippen LogP contribution in [0, 0.1) is 5.82 Å². The molecule has 0 saturated heterocycles. The zero-order valence-corrected chi connectivity index (χ0v) is 10.6. The van der Waals surface area contributed by atoms with Gasteiger partial charge in [-0.25, -0.2) is 9.18 Å². The molecule has 2 N–H and O–H groups in total. The molecule has 0 heterocycles. The summed E-state index contributed by atoms with van der Waals surface area (Å²) in [5.41, 5.74) is 1.61. The van der Waals surface area contributed by atoms with Gasteiger partial charge in [0.15, 0.2) is 0 Å². The largest absolute Gasteiger partial charge is 0.478 e. The minimum absolute atomic E-state index is 0.204. The van der Waals surface area contributed by atoms with Crippen LogP contribution in [0.3, 0.4) is 0 Å². The third kappa shape index (κ3) is 3.45. The van der Waals surface area contributed by atoms with Crippen molar-refractivity contribution in [3.05, 3.63) is 64.4 Å². The average Bonchev–Trinajstić information content (AvgIpc) is 2.38. The normalized spacial score (nSPS) is 10.2. The molecule has 98 valence electrons. The number of benzene rings is 2. The number of carbonyl (C=O) groups is 1. The monoisotopic (exact) mass is 279 g/mol. The van der Waals surface area contributed by atoms with Gasteiger partial charge in [0.1, 0.15) is 5.82 Å². The minimum atomic E-state index is -0.983. The molecule has 0 fully saturated rings.